The summed E-state index contributed by atoms with van der Waals surface area (Å²) < 4.78 is 0. The Morgan fingerprint density at radius 3 is 3.00 bits per heavy atom. The van der Waals surface area contributed by atoms with Crippen molar-refractivity contribution in [2.75, 3.05) is 18.0 Å². The van der Waals surface area contributed by atoms with E-state index in [1.165, 1.54) is 0 Å². The first kappa shape index (κ1) is 13.1. The molecule has 0 aromatic carbocycles. The van der Waals surface area contributed by atoms with Gasteiger partial charge < -0.3 is 10.2 Å². The van der Waals surface area contributed by atoms with Crippen LogP contribution in [0.15, 0.2) is 36.1 Å². The Labute approximate surface area is 121 Å². The molecule has 0 saturated carbocycles. The van der Waals surface area contributed by atoms with Crippen LogP contribution in [0.1, 0.15) is 23.2 Å². The normalized spacial score (nSPS) is 18.2. The molecule has 1 atom stereocenters. The average molecular weight is 288 g/mol. The van der Waals surface area contributed by atoms with Crippen molar-refractivity contribution in [3.8, 4) is 0 Å². The first-order valence-electron chi connectivity index (χ1n) is 6.69. The monoisotopic (exact) mass is 288 g/mol. The first-order chi connectivity index (χ1) is 9.84. The maximum absolute atomic E-state index is 12.0. The van der Waals surface area contributed by atoms with E-state index in [0.717, 1.165) is 24.5 Å². The molecule has 1 amide bonds. The molecule has 3 heterocycles. The molecule has 20 heavy (non-hydrogen) atoms. The number of amides is 1. The maximum Gasteiger partial charge on any atom is 0.251 e. The van der Waals surface area contributed by atoms with Gasteiger partial charge >= 0.3 is 0 Å². The molecule has 5 nitrogen and oxygen atoms in total. The quantitative estimate of drug-likeness (QED) is 0.934. The van der Waals surface area contributed by atoms with E-state index in [1.807, 2.05) is 11.6 Å². The number of carbonyl (C=O) groups excluding carboxylic acids is 1. The molecule has 0 unspecified atom stereocenters. The summed E-state index contributed by atoms with van der Waals surface area (Å²) in [5, 5.41) is 6.03. The van der Waals surface area contributed by atoms with E-state index >= 15 is 0 Å². The summed E-state index contributed by atoms with van der Waals surface area (Å²) in [7, 11) is 0. The van der Waals surface area contributed by atoms with Crippen molar-refractivity contribution in [3.05, 3.63) is 41.7 Å². The van der Waals surface area contributed by atoms with Gasteiger partial charge in [0.25, 0.3) is 5.91 Å². The Hall–Kier alpha value is -1.95. The summed E-state index contributed by atoms with van der Waals surface area (Å²) in [6, 6.07) is 3.79. The van der Waals surface area contributed by atoms with Crippen LogP contribution < -0.4 is 10.2 Å². The number of pyridine rings is 1. The number of hydrogen-bond donors (Lipinski definition) is 1. The minimum atomic E-state index is -0.0432. The number of nitrogens with one attached hydrogen (secondary N) is 1. The van der Waals surface area contributed by atoms with Gasteiger partial charge in [0.1, 0.15) is 0 Å². The highest BCUT2D eigenvalue weighted by Crippen LogP contribution is 2.26. The Balaban J connectivity index is 1.59. The number of thiazole rings is 1. The van der Waals surface area contributed by atoms with Gasteiger partial charge in [-0.25, -0.2) is 4.98 Å². The second-order valence-corrected chi connectivity index (χ2v) is 5.62. The number of carbonyl (C=O) groups is 1. The summed E-state index contributed by atoms with van der Waals surface area (Å²) in [4.78, 5) is 22.6. The fourth-order valence-corrected chi connectivity index (χ4v) is 3.21. The predicted molar refractivity (Wildman–Crippen MR) is 79.1 cm³/mol. The SMILES string of the molecule is O=C(NC[C@@H]1CCCN1c1nccs1)c1ccncc1. The molecule has 1 fully saturated rings. The summed E-state index contributed by atoms with van der Waals surface area (Å²) >= 11 is 1.65. The largest absolute Gasteiger partial charge is 0.350 e. The van der Waals surface area contributed by atoms with E-state index in [-0.39, 0.29) is 5.91 Å². The third kappa shape index (κ3) is 2.80. The zero-order chi connectivity index (χ0) is 13.8. The summed E-state index contributed by atoms with van der Waals surface area (Å²) in [6.07, 6.45) is 7.33. The van der Waals surface area contributed by atoms with Gasteiger partial charge in [-0.1, -0.05) is 0 Å². The van der Waals surface area contributed by atoms with E-state index in [4.69, 9.17) is 0 Å². The van der Waals surface area contributed by atoms with Crippen molar-refractivity contribution in [1.82, 2.24) is 15.3 Å². The van der Waals surface area contributed by atoms with E-state index < -0.39 is 0 Å². The van der Waals surface area contributed by atoms with Gasteiger partial charge in [0.15, 0.2) is 5.13 Å². The lowest BCUT2D eigenvalue weighted by atomic mass is 10.2. The molecule has 1 N–H and O–H groups in total. The molecule has 2 aromatic rings. The molecular formula is C14H16N4OS. The van der Waals surface area contributed by atoms with Crippen LogP contribution in [0.2, 0.25) is 0 Å². The summed E-state index contributed by atoms with van der Waals surface area (Å²) in [5.74, 6) is -0.0432. The molecule has 6 heteroatoms. The molecule has 104 valence electrons. The van der Waals surface area contributed by atoms with Crippen molar-refractivity contribution < 1.29 is 4.79 Å². The van der Waals surface area contributed by atoms with Gasteiger partial charge in [-0.3, -0.25) is 9.78 Å². The van der Waals surface area contributed by atoms with Crippen molar-refractivity contribution in [2.24, 2.45) is 0 Å². The van der Waals surface area contributed by atoms with Crippen LogP contribution in [0, 0.1) is 0 Å². The van der Waals surface area contributed by atoms with Crippen LogP contribution in [-0.2, 0) is 0 Å². The molecule has 2 aromatic heterocycles. The Bertz CT molecular complexity index is 558. The molecule has 0 aliphatic carbocycles. The minimum absolute atomic E-state index is 0.0432. The number of hydrogen-bond acceptors (Lipinski definition) is 5. The first-order valence-corrected chi connectivity index (χ1v) is 7.57. The lowest BCUT2D eigenvalue weighted by Crippen LogP contribution is -2.40. The third-order valence-corrected chi connectivity index (χ3v) is 4.29. The molecule has 3 rings (SSSR count). The highest BCUT2D eigenvalue weighted by Gasteiger charge is 2.26. The lowest BCUT2D eigenvalue weighted by Gasteiger charge is -2.24. The smallest absolute Gasteiger partial charge is 0.251 e. The van der Waals surface area contributed by atoms with Crippen LogP contribution in [0.4, 0.5) is 5.13 Å². The second kappa shape index (κ2) is 6.00. The maximum atomic E-state index is 12.0. The zero-order valence-corrected chi connectivity index (χ0v) is 11.8. The standard InChI is InChI=1S/C14H16N4OS/c19-13(11-3-5-15-6-4-11)17-10-12-2-1-8-18(12)14-16-7-9-20-14/h3-7,9,12H,1-2,8,10H2,(H,17,19)/t12-/m0/s1. The Morgan fingerprint density at radius 2 is 2.25 bits per heavy atom. The van der Waals surface area contributed by atoms with Crippen LogP contribution in [0.5, 0.6) is 0 Å². The molecule has 0 radical (unpaired) electrons. The van der Waals surface area contributed by atoms with E-state index in [2.05, 4.69) is 20.2 Å². The van der Waals surface area contributed by atoms with Crippen molar-refractivity contribution >= 4 is 22.4 Å². The molecule has 1 saturated heterocycles. The van der Waals surface area contributed by atoms with Gasteiger partial charge in [-0.15, -0.1) is 11.3 Å². The van der Waals surface area contributed by atoms with Crippen LogP contribution >= 0.6 is 11.3 Å². The van der Waals surface area contributed by atoms with Crippen molar-refractivity contribution in [1.29, 1.82) is 0 Å². The van der Waals surface area contributed by atoms with Crippen LogP contribution in [0.25, 0.3) is 0 Å². The van der Waals surface area contributed by atoms with Gasteiger partial charge in [-0.05, 0) is 25.0 Å². The van der Waals surface area contributed by atoms with Crippen molar-refractivity contribution in [3.63, 3.8) is 0 Å². The molecule has 0 bridgehead atoms. The number of nitrogens with zero attached hydrogens (tertiary/aromatic N) is 3. The Morgan fingerprint density at radius 1 is 1.40 bits per heavy atom. The average Bonchev–Trinajstić information content (AvgIpc) is 3.16. The molecular weight excluding hydrogens is 272 g/mol. The molecule has 1 aliphatic heterocycles. The summed E-state index contributed by atoms with van der Waals surface area (Å²) in [5.41, 5.74) is 0.652. The van der Waals surface area contributed by atoms with E-state index in [0.29, 0.717) is 18.2 Å². The predicted octanol–water partition coefficient (Wildman–Crippen LogP) is 1.94. The van der Waals surface area contributed by atoms with Gasteiger partial charge in [-0.2, -0.15) is 0 Å². The second-order valence-electron chi connectivity index (χ2n) is 4.75. The summed E-state index contributed by atoms with van der Waals surface area (Å²) in [6.45, 7) is 1.67. The topological polar surface area (TPSA) is 58.1 Å². The third-order valence-electron chi connectivity index (χ3n) is 3.48. The van der Waals surface area contributed by atoms with Gasteiger partial charge in [0.2, 0.25) is 0 Å². The number of aromatic nitrogens is 2. The number of anilines is 1. The van der Waals surface area contributed by atoms with Crippen LogP contribution in [0.3, 0.4) is 0 Å². The highest BCUT2D eigenvalue weighted by atomic mass is 32.1. The van der Waals surface area contributed by atoms with Gasteiger partial charge in [0.05, 0.1) is 0 Å². The fraction of sp³-hybridized carbons (Fsp3) is 0.357. The molecule has 1 aliphatic rings. The van der Waals surface area contributed by atoms with Gasteiger partial charge in [0, 0.05) is 48.7 Å². The van der Waals surface area contributed by atoms with Crippen molar-refractivity contribution in [2.45, 2.75) is 18.9 Å². The molecule has 0 spiro atoms. The Kier molecular flexibility index (Phi) is 3.92. The zero-order valence-electron chi connectivity index (χ0n) is 11.0. The minimum Gasteiger partial charge on any atom is -0.350 e. The van der Waals surface area contributed by atoms with Crippen LogP contribution in [-0.4, -0.2) is 35.0 Å². The lowest BCUT2D eigenvalue weighted by molar-refractivity contribution is 0.0951. The van der Waals surface area contributed by atoms with E-state index in [1.54, 1.807) is 35.9 Å². The van der Waals surface area contributed by atoms with E-state index in [9.17, 15) is 4.79 Å². The number of rotatable bonds is 4. The highest BCUT2D eigenvalue weighted by molar-refractivity contribution is 7.13. The fourth-order valence-electron chi connectivity index (χ4n) is 2.47.